The van der Waals surface area contributed by atoms with Crippen molar-refractivity contribution in [1.29, 1.82) is 5.26 Å². The highest BCUT2D eigenvalue weighted by Crippen LogP contribution is 2.31. The number of aliphatic carboxylic acids is 1. The topological polar surface area (TPSA) is 85.6 Å². The maximum atomic E-state index is 10.6. The first kappa shape index (κ1) is 21.0. The predicted molar refractivity (Wildman–Crippen MR) is 92.4 cm³/mol. The molecule has 6 nitrogen and oxygen atoms in total. The third kappa shape index (κ3) is 6.12. The molecule has 1 atom stereocenters. The number of benzene rings is 1. The van der Waals surface area contributed by atoms with Crippen LogP contribution in [0.5, 0.6) is 0 Å². The van der Waals surface area contributed by atoms with Crippen LogP contribution in [0.3, 0.4) is 0 Å². The van der Waals surface area contributed by atoms with Gasteiger partial charge in [-0.1, -0.05) is 6.07 Å². The molecular formula is C18H22F3N3O3. The summed E-state index contributed by atoms with van der Waals surface area (Å²) in [6, 6.07) is 10.1. The van der Waals surface area contributed by atoms with Crippen LogP contribution >= 0.6 is 0 Å². The molecule has 1 spiro atoms. The van der Waals surface area contributed by atoms with Gasteiger partial charge in [-0.2, -0.15) is 18.4 Å². The molecule has 3 rings (SSSR count). The second kappa shape index (κ2) is 9.06. The summed E-state index contributed by atoms with van der Waals surface area (Å²) in [5, 5.41) is 19.7. The second-order valence-electron chi connectivity index (χ2n) is 6.72. The number of hydrogen-bond acceptors (Lipinski definition) is 5. The van der Waals surface area contributed by atoms with E-state index in [1.165, 1.54) is 12.8 Å². The lowest BCUT2D eigenvalue weighted by molar-refractivity contribution is -0.192. The zero-order chi connectivity index (χ0) is 19.9. The second-order valence-corrected chi connectivity index (χ2v) is 6.72. The van der Waals surface area contributed by atoms with Gasteiger partial charge in [0.25, 0.3) is 0 Å². The van der Waals surface area contributed by atoms with Gasteiger partial charge in [-0.3, -0.25) is 0 Å². The molecule has 1 unspecified atom stereocenters. The first-order valence-electron chi connectivity index (χ1n) is 8.59. The van der Waals surface area contributed by atoms with Gasteiger partial charge >= 0.3 is 12.1 Å². The van der Waals surface area contributed by atoms with Crippen LogP contribution in [0.1, 0.15) is 18.4 Å². The minimum atomic E-state index is -5.08. The summed E-state index contributed by atoms with van der Waals surface area (Å²) in [4.78, 5) is 11.3. The van der Waals surface area contributed by atoms with E-state index < -0.39 is 12.1 Å². The van der Waals surface area contributed by atoms with Crippen molar-refractivity contribution in [2.75, 3.05) is 44.3 Å². The Labute approximate surface area is 155 Å². The average molecular weight is 385 g/mol. The van der Waals surface area contributed by atoms with Crippen molar-refractivity contribution >= 4 is 11.7 Å². The number of ether oxygens (including phenoxy) is 1. The van der Waals surface area contributed by atoms with Gasteiger partial charge in [-0.25, -0.2) is 4.79 Å². The number of nitriles is 1. The van der Waals surface area contributed by atoms with Crippen molar-refractivity contribution in [3.63, 3.8) is 0 Å². The molecule has 2 aliphatic rings. The highest BCUT2D eigenvalue weighted by Gasteiger charge is 2.38. The molecule has 2 aliphatic heterocycles. The Balaban J connectivity index is 0.000000321. The van der Waals surface area contributed by atoms with Gasteiger partial charge in [0, 0.05) is 30.7 Å². The highest BCUT2D eigenvalue weighted by molar-refractivity contribution is 5.73. The minimum absolute atomic E-state index is 0.220. The summed E-state index contributed by atoms with van der Waals surface area (Å²) in [5.41, 5.74) is 2.08. The molecule has 27 heavy (non-hydrogen) atoms. The molecule has 1 aromatic rings. The Morgan fingerprint density at radius 3 is 2.74 bits per heavy atom. The minimum Gasteiger partial charge on any atom is -0.475 e. The summed E-state index contributed by atoms with van der Waals surface area (Å²) < 4.78 is 37.6. The van der Waals surface area contributed by atoms with Crippen LogP contribution in [0.2, 0.25) is 0 Å². The van der Waals surface area contributed by atoms with Gasteiger partial charge in [0.15, 0.2) is 0 Å². The number of anilines is 1. The monoisotopic (exact) mass is 385 g/mol. The van der Waals surface area contributed by atoms with E-state index in [1.54, 1.807) is 0 Å². The van der Waals surface area contributed by atoms with E-state index in [-0.39, 0.29) is 5.41 Å². The van der Waals surface area contributed by atoms with E-state index in [1.807, 2.05) is 18.2 Å². The lowest BCUT2D eigenvalue weighted by atomic mass is 9.81. The maximum Gasteiger partial charge on any atom is 0.490 e. The molecule has 9 heteroatoms. The molecule has 2 N–H and O–H groups in total. The van der Waals surface area contributed by atoms with E-state index >= 15 is 0 Å². The van der Waals surface area contributed by atoms with Crippen LogP contribution in [0, 0.1) is 16.7 Å². The SMILES string of the molecule is N#Cc1cccc(N2CCOCC3(CCCNC3)C2)c1.O=C(O)C(F)(F)F. The normalized spacial score (nSPS) is 23.0. The number of nitrogens with one attached hydrogen (secondary N) is 1. The molecule has 0 amide bonds. The van der Waals surface area contributed by atoms with E-state index in [2.05, 4.69) is 22.4 Å². The number of nitrogens with zero attached hydrogens (tertiary/aromatic N) is 2. The summed E-state index contributed by atoms with van der Waals surface area (Å²) in [5.74, 6) is -2.76. The molecular weight excluding hydrogens is 363 g/mol. The summed E-state index contributed by atoms with van der Waals surface area (Å²) in [6.07, 6.45) is -2.65. The quantitative estimate of drug-likeness (QED) is 0.772. The third-order valence-corrected chi connectivity index (χ3v) is 4.58. The largest absolute Gasteiger partial charge is 0.490 e. The summed E-state index contributed by atoms with van der Waals surface area (Å²) in [7, 11) is 0. The standard InChI is InChI=1S/C16H21N3O.C2HF3O2/c17-10-14-3-1-4-15(9-14)19-7-8-20-13-16(12-19)5-2-6-18-11-16;3-2(4,5)1(6)7/h1,3-4,9,18H,2,5-8,11-13H2;(H,6,7). The van der Waals surface area contributed by atoms with Gasteiger partial charge < -0.3 is 20.1 Å². The maximum absolute atomic E-state index is 10.6. The summed E-state index contributed by atoms with van der Waals surface area (Å²) >= 11 is 0. The molecule has 0 aromatic heterocycles. The van der Waals surface area contributed by atoms with Crippen molar-refractivity contribution in [2.45, 2.75) is 19.0 Å². The Hall–Kier alpha value is -2.31. The van der Waals surface area contributed by atoms with E-state index in [0.717, 1.165) is 50.6 Å². The smallest absolute Gasteiger partial charge is 0.475 e. The van der Waals surface area contributed by atoms with Crippen LogP contribution in [0.4, 0.5) is 18.9 Å². The van der Waals surface area contributed by atoms with Gasteiger partial charge in [-0.05, 0) is 37.6 Å². The fraction of sp³-hybridized carbons (Fsp3) is 0.556. The van der Waals surface area contributed by atoms with Crippen molar-refractivity contribution in [2.24, 2.45) is 5.41 Å². The van der Waals surface area contributed by atoms with Crippen LogP contribution in [-0.2, 0) is 9.53 Å². The average Bonchev–Trinajstić information content (AvgIpc) is 2.85. The lowest BCUT2D eigenvalue weighted by Gasteiger charge is -2.39. The van der Waals surface area contributed by atoms with Crippen molar-refractivity contribution in [3.05, 3.63) is 29.8 Å². The van der Waals surface area contributed by atoms with Crippen LogP contribution in [-0.4, -0.2) is 56.6 Å². The Bertz CT molecular complexity index is 682. The molecule has 1 aromatic carbocycles. The first-order valence-corrected chi connectivity index (χ1v) is 8.59. The zero-order valence-electron chi connectivity index (χ0n) is 14.8. The van der Waals surface area contributed by atoms with Crippen LogP contribution in [0.15, 0.2) is 24.3 Å². The first-order chi connectivity index (χ1) is 12.8. The van der Waals surface area contributed by atoms with Crippen LogP contribution < -0.4 is 10.2 Å². The molecule has 2 fully saturated rings. The molecule has 0 saturated carbocycles. The molecule has 2 heterocycles. The van der Waals surface area contributed by atoms with Crippen molar-refractivity contribution in [3.8, 4) is 6.07 Å². The van der Waals surface area contributed by atoms with Crippen molar-refractivity contribution in [1.82, 2.24) is 5.32 Å². The lowest BCUT2D eigenvalue weighted by Crippen LogP contribution is -2.48. The number of carboxylic acid groups (broad SMARTS) is 1. The number of rotatable bonds is 1. The number of halogens is 3. The Morgan fingerprint density at radius 1 is 1.41 bits per heavy atom. The Morgan fingerprint density at radius 2 is 2.15 bits per heavy atom. The van der Waals surface area contributed by atoms with E-state index in [9.17, 15) is 13.2 Å². The number of alkyl halides is 3. The molecule has 0 radical (unpaired) electrons. The fourth-order valence-corrected chi connectivity index (χ4v) is 3.27. The third-order valence-electron chi connectivity index (χ3n) is 4.58. The van der Waals surface area contributed by atoms with Gasteiger partial charge in [0.1, 0.15) is 0 Å². The van der Waals surface area contributed by atoms with E-state index in [0.29, 0.717) is 0 Å². The van der Waals surface area contributed by atoms with Gasteiger partial charge in [0.05, 0.1) is 24.8 Å². The predicted octanol–water partition coefficient (Wildman–Crippen LogP) is 2.40. The fourth-order valence-electron chi connectivity index (χ4n) is 3.27. The summed E-state index contributed by atoms with van der Waals surface area (Å²) in [6.45, 7) is 5.66. The van der Waals surface area contributed by atoms with Gasteiger partial charge in [0.2, 0.25) is 0 Å². The van der Waals surface area contributed by atoms with Crippen LogP contribution in [0.25, 0.3) is 0 Å². The molecule has 2 saturated heterocycles. The number of hydrogen-bond donors (Lipinski definition) is 2. The number of carboxylic acids is 1. The Kier molecular flexibility index (Phi) is 7.05. The number of carbonyl (C=O) groups is 1. The molecule has 0 bridgehead atoms. The van der Waals surface area contributed by atoms with Gasteiger partial charge in [-0.15, -0.1) is 0 Å². The van der Waals surface area contributed by atoms with E-state index in [4.69, 9.17) is 19.9 Å². The zero-order valence-corrected chi connectivity index (χ0v) is 14.8. The molecule has 148 valence electrons. The van der Waals surface area contributed by atoms with Crippen molar-refractivity contribution < 1.29 is 27.8 Å². The number of piperidine rings is 1. The highest BCUT2D eigenvalue weighted by atomic mass is 19.4. The molecule has 0 aliphatic carbocycles.